The molecule has 1 aliphatic rings. The highest BCUT2D eigenvalue weighted by atomic mass is 16.1. The van der Waals surface area contributed by atoms with Crippen LogP contribution in [0.15, 0.2) is 42.0 Å². The average molecular weight is 414 g/mol. The highest BCUT2D eigenvalue weighted by Gasteiger charge is 2.30. The standard InChI is InChI=1S/C27H31N3O/c1-8-30-25-12-19(4)21(14-24(25)20(5)15-27(30,6)7)13-22(16-28)26(31)29-23-10-17(2)9-18(3)11-23/h9-15H,8H2,1-7H3,(H,29,31)/b22-13+. The van der Waals surface area contributed by atoms with Gasteiger partial charge in [-0.3, -0.25) is 4.79 Å². The number of amides is 1. The Kier molecular flexibility index (Phi) is 6.08. The number of carbonyl (C=O) groups is 1. The number of fused-ring (bicyclic) bond motifs is 1. The van der Waals surface area contributed by atoms with Crippen molar-refractivity contribution in [3.8, 4) is 6.07 Å². The number of benzene rings is 2. The van der Waals surface area contributed by atoms with Gasteiger partial charge in [0, 0.05) is 23.5 Å². The van der Waals surface area contributed by atoms with Gasteiger partial charge in [-0.1, -0.05) is 12.1 Å². The van der Waals surface area contributed by atoms with Crippen LogP contribution in [-0.4, -0.2) is 18.0 Å². The Balaban J connectivity index is 1.99. The van der Waals surface area contributed by atoms with E-state index in [1.165, 1.54) is 11.3 Å². The summed E-state index contributed by atoms with van der Waals surface area (Å²) in [5, 5.41) is 12.5. The normalized spacial score (nSPS) is 15.1. The quantitative estimate of drug-likeness (QED) is 0.481. The van der Waals surface area contributed by atoms with E-state index in [-0.39, 0.29) is 11.1 Å². The average Bonchev–Trinajstić information content (AvgIpc) is 2.65. The molecule has 0 radical (unpaired) electrons. The summed E-state index contributed by atoms with van der Waals surface area (Å²) >= 11 is 0. The van der Waals surface area contributed by atoms with Crippen molar-refractivity contribution in [3.05, 3.63) is 69.8 Å². The Bertz CT molecular complexity index is 1130. The molecule has 4 nitrogen and oxygen atoms in total. The van der Waals surface area contributed by atoms with E-state index in [2.05, 4.69) is 62.2 Å². The first-order chi connectivity index (χ1) is 14.6. The van der Waals surface area contributed by atoms with Gasteiger partial charge in [-0.05, 0) is 107 Å². The lowest BCUT2D eigenvalue weighted by molar-refractivity contribution is -0.112. The van der Waals surface area contributed by atoms with Gasteiger partial charge in [0.2, 0.25) is 0 Å². The molecule has 1 N–H and O–H groups in total. The topological polar surface area (TPSA) is 56.1 Å². The van der Waals surface area contributed by atoms with E-state index < -0.39 is 5.91 Å². The van der Waals surface area contributed by atoms with E-state index >= 15 is 0 Å². The zero-order valence-corrected chi connectivity index (χ0v) is 19.6. The summed E-state index contributed by atoms with van der Waals surface area (Å²) in [5.41, 5.74) is 8.33. The Labute approximate surface area is 185 Å². The van der Waals surface area contributed by atoms with Crippen LogP contribution < -0.4 is 10.2 Å². The van der Waals surface area contributed by atoms with Crippen molar-refractivity contribution in [2.24, 2.45) is 0 Å². The largest absolute Gasteiger partial charge is 0.363 e. The summed E-state index contributed by atoms with van der Waals surface area (Å²) in [6, 6.07) is 12.2. The second kappa shape index (κ2) is 8.43. The first-order valence-electron chi connectivity index (χ1n) is 10.7. The number of hydrogen-bond donors (Lipinski definition) is 1. The lowest BCUT2D eigenvalue weighted by Crippen LogP contribution is -2.44. The van der Waals surface area contributed by atoms with Crippen molar-refractivity contribution < 1.29 is 4.79 Å². The number of nitrogens with zero attached hydrogens (tertiary/aromatic N) is 2. The van der Waals surface area contributed by atoms with Gasteiger partial charge in [0.1, 0.15) is 11.6 Å². The minimum atomic E-state index is -0.395. The van der Waals surface area contributed by atoms with Crippen LogP contribution in [0, 0.1) is 32.1 Å². The maximum atomic E-state index is 12.8. The molecule has 0 saturated carbocycles. The number of nitriles is 1. The zero-order valence-electron chi connectivity index (χ0n) is 19.6. The second-order valence-electron chi connectivity index (χ2n) is 8.95. The van der Waals surface area contributed by atoms with Gasteiger partial charge in [-0.2, -0.15) is 5.26 Å². The van der Waals surface area contributed by atoms with E-state index in [9.17, 15) is 10.1 Å². The molecule has 1 heterocycles. The number of nitrogens with one attached hydrogen (secondary N) is 1. The molecule has 0 saturated heterocycles. The van der Waals surface area contributed by atoms with Gasteiger partial charge in [-0.15, -0.1) is 0 Å². The summed E-state index contributed by atoms with van der Waals surface area (Å²) in [7, 11) is 0. The molecule has 1 amide bonds. The highest BCUT2D eigenvalue weighted by Crippen LogP contribution is 2.40. The fraction of sp³-hybridized carbons (Fsp3) is 0.333. The van der Waals surface area contributed by atoms with E-state index in [4.69, 9.17) is 0 Å². The molecule has 0 atom stereocenters. The van der Waals surface area contributed by atoms with Crippen molar-refractivity contribution in [3.63, 3.8) is 0 Å². The fourth-order valence-corrected chi connectivity index (χ4v) is 4.53. The summed E-state index contributed by atoms with van der Waals surface area (Å²) in [6.45, 7) is 15.6. The van der Waals surface area contributed by atoms with Gasteiger partial charge in [0.25, 0.3) is 5.91 Å². The molecule has 160 valence electrons. The Morgan fingerprint density at radius 2 is 1.74 bits per heavy atom. The number of likely N-dealkylation sites (N-methyl/N-ethyl adjacent to an activating group) is 1. The molecular weight excluding hydrogens is 382 g/mol. The van der Waals surface area contributed by atoms with Gasteiger partial charge in [0.15, 0.2) is 0 Å². The lowest BCUT2D eigenvalue weighted by atomic mass is 9.86. The van der Waals surface area contributed by atoms with Crippen LogP contribution in [0.25, 0.3) is 11.6 Å². The molecular formula is C27H31N3O. The van der Waals surface area contributed by atoms with Crippen LogP contribution in [0.5, 0.6) is 0 Å². The van der Waals surface area contributed by atoms with Crippen LogP contribution >= 0.6 is 0 Å². The molecule has 0 bridgehead atoms. The van der Waals surface area contributed by atoms with E-state index in [1.54, 1.807) is 6.08 Å². The van der Waals surface area contributed by atoms with Crippen LogP contribution in [0.4, 0.5) is 11.4 Å². The van der Waals surface area contributed by atoms with Crippen molar-refractivity contribution in [1.82, 2.24) is 0 Å². The van der Waals surface area contributed by atoms with Crippen LogP contribution in [0.1, 0.15) is 55.5 Å². The molecule has 0 aliphatic carbocycles. The second-order valence-corrected chi connectivity index (χ2v) is 8.95. The first-order valence-corrected chi connectivity index (χ1v) is 10.7. The van der Waals surface area contributed by atoms with Gasteiger partial charge >= 0.3 is 0 Å². The smallest absolute Gasteiger partial charge is 0.266 e. The third-order valence-corrected chi connectivity index (χ3v) is 5.83. The Hall–Kier alpha value is -3.32. The number of aryl methyl sites for hydroxylation is 3. The van der Waals surface area contributed by atoms with E-state index in [0.29, 0.717) is 5.69 Å². The summed E-state index contributed by atoms with van der Waals surface area (Å²) in [4.78, 5) is 15.2. The Morgan fingerprint density at radius 3 is 2.32 bits per heavy atom. The molecule has 0 fully saturated rings. The molecule has 0 spiro atoms. The third-order valence-electron chi connectivity index (χ3n) is 5.83. The predicted molar refractivity (Wildman–Crippen MR) is 130 cm³/mol. The Morgan fingerprint density at radius 1 is 1.10 bits per heavy atom. The molecule has 3 rings (SSSR count). The maximum absolute atomic E-state index is 12.8. The molecule has 31 heavy (non-hydrogen) atoms. The molecule has 1 aliphatic heterocycles. The van der Waals surface area contributed by atoms with E-state index in [1.807, 2.05) is 39.0 Å². The highest BCUT2D eigenvalue weighted by molar-refractivity contribution is 6.10. The molecule has 0 unspecified atom stereocenters. The third kappa shape index (κ3) is 4.56. The minimum absolute atomic E-state index is 0.0563. The monoisotopic (exact) mass is 413 g/mol. The van der Waals surface area contributed by atoms with Crippen LogP contribution in [0.2, 0.25) is 0 Å². The SMILES string of the molecule is CCN1c2cc(C)c(/C=C(\C#N)C(=O)Nc3cc(C)cc(C)c3)cc2C(C)=CC1(C)C. The number of anilines is 2. The number of carbonyl (C=O) groups excluding carboxylic acids is 1. The van der Waals surface area contributed by atoms with Crippen molar-refractivity contribution in [2.45, 2.75) is 54.0 Å². The predicted octanol–water partition coefficient (Wildman–Crippen LogP) is 6.18. The lowest BCUT2D eigenvalue weighted by Gasteiger charge is -2.43. The molecule has 2 aromatic carbocycles. The van der Waals surface area contributed by atoms with Crippen molar-refractivity contribution in [2.75, 3.05) is 16.8 Å². The zero-order chi connectivity index (χ0) is 22.9. The molecule has 4 heteroatoms. The summed E-state index contributed by atoms with van der Waals surface area (Å²) < 4.78 is 0. The number of hydrogen-bond acceptors (Lipinski definition) is 3. The minimum Gasteiger partial charge on any atom is -0.363 e. The van der Waals surface area contributed by atoms with Gasteiger partial charge in [-0.25, -0.2) is 0 Å². The first kappa shape index (κ1) is 22.4. The summed E-state index contributed by atoms with van der Waals surface area (Å²) in [6.07, 6.45) is 3.97. The van der Waals surface area contributed by atoms with Crippen LogP contribution in [-0.2, 0) is 4.79 Å². The molecule has 0 aromatic heterocycles. The molecule has 2 aromatic rings. The summed E-state index contributed by atoms with van der Waals surface area (Å²) in [5.74, 6) is -0.395. The number of allylic oxidation sites excluding steroid dienone is 1. The van der Waals surface area contributed by atoms with E-state index in [0.717, 1.165) is 34.4 Å². The fourth-order valence-electron chi connectivity index (χ4n) is 4.53. The van der Waals surface area contributed by atoms with Gasteiger partial charge < -0.3 is 10.2 Å². The van der Waals surface area contributed by atoms with Crippen molar-refractivity contribution >= 4 is 28.9 Å². The van der Waals surface area contributed by atoms with Gasteiger partial charge in [0.05, 0.1) is 5.54 Å². The van der Waals surface area contributed by atoms with Crippen molar-refractivity contribution in [1.29, 1.82) is 5.26 Å². The number of rotatable bonds is 4. The van der Waals surface area contributed by atoms with Crippen LogP contribution in [0.3, 0.4) is 0 Å². The maximum Gasteiger partial charge on any atom is 0.266 e.